The molecule has 2 aromatic heterocycles. The summed E-state index contributed by atoms with van der Waals surface area (Å²) in [6.07, 6.45) is 1.85. The normalized spacial score (nSPS) is 11.0. The van der Waals surface area contributed by atoms with Crippen LogP contribution in [0.25, 0.3) is 22.4 Å². The molecular weight excluding hydrogens is 300 g/mol. The van der Waals surface area contributed by atoms with Gasteiger partial charge in [-0.15, -0.1) is 11.8 Å². The highest BCUT2D eigenvalue weighted by Gasteiger charge is 2.16. The van der Waals surface area contributed by atoms with Gasteiger partial charge < -0.3 is 0 Å². The predicted octanol–water partition coefficient (Wildman–Crippen LogP) is 1.42. The molecule has 22 heavy (non-hydrogen) atoms. The molecule has 0 atom stereocenters. The predicted molar refractivity (Wildman–Crippen MR) is 87.2 cm³/mol. The molecular formula is C15H14N4O2S. The monoisotopic (exact) mass is 314 g/mol. The Bertz CT molecular complexity index is 977. The third-order valence-electron chi connectivity index (χ3n) is 3.49. The number of aromatic nitrogens is 4. The molecule has 0 amide bonds. The van der Waals surface area contributed by atoms with E-state index in [9.17, 15) is 9.59 Å². The van der Waals surface area contributed by atoms with E-state index in [2.05, 4.69) is 9.97 Å². The molecule has 3 aromatic rings. The van der Waals surface area contributed by atoms with Crippen molar-refractivity contribution in [1.29, 1.82) is 0 Å². The molecule has 7 heteroatoms. The number of hydrogen-bond donors (Lipinski definition) is 0. The van der Waals surface area contributed by atoms with Gasteiger partial charge >= 0.3 is 5.69 Å². The quantitative estimate of drug-likeness (QED) is 0.528. The molecule has 0 radical (unpaired) electrons. The van der Waals surface area contributed by atoms with Crippen molar-refractivity contribution in [2.75, 3.05) is 6.26 Å². The van der Waals surface area contributed by atoms with Gasteiger partial charge in [0.05, 0.1) is 0 Å². The Labute approximate surface area is 130 Å². The number of benzene rings is 1. The molecule has 0 aliphatic heterocycles. The van der Waals surface area contributed by atoms with Gasteiger partial charge in [-0.3, -0.25) is 13.9 Å². The average Bonchev–Trinajstić information content (AvgIpc) is 2.57. The molecule has 1 aromatic carbocycles. The van der Waals surface area contributed by atoms with Crippen LogP contribution in [0.5, 0.6) is 0 Å². The van der Waals surface area contributed by atoms with Gasteiger partial charge in [0, 0.05) is 19.7 Å². The molecule has 6 nitrogen and oxygen atoms in total. The zero-order chi connectivity index (χ0) is 15.9. The van der Waals surface area contributed by atoms with E-state index < -0.39 is 5.69 Å². The molecule has 0 saturated carbocycles. The lowest BCUT2D eigenvalue weighted by atomic mass is 10.2. The van der Waals surface area contributed by atoms with E-state index >= 15 is 0 Å². The molecule has 0 bridgehead atoms. The molecule has 2 heterocycles. The van der Waals surface area contributed by atoms with Crippen molar-refractivity contribution < 1.29 is 0 Å². The van der Waals surface area contributed by atoms with Gasteiger partial charge in [-0.2, -0.15) is 0 Å². The largest absolute Gasteiger partial charge is 0.332 e. The second kappa shape index (κ2) is 5.42. The minimum absolute atomic E-state index is 0.353. The first-order chi connectivity index (χ1) is 10.5. The Balaban J connectivity index is 2.48. The first kappa shape index (κ1) is 14.5. The van der Waals surface area contributed by atoms with Crippen molar-refractivity contribution in [1.82, 2.24) is 19.1 Å². The minimum atomic E-state index is -0.401. The number of rotatable bonds is 2. The molecule has 0 spiro atoms. The smallest absolute Gasteiger partial charge is 0.280 e. The molecule has 0 aliphatic carbocycles. The van der Waals surface area contributed by atoms with Gasteiger partial charge in [0.1, 0.15) is 10.4 Å². The van der Waals surface area contributed by atoms with Crippen LogP contribution >= 0.6 is 11.8 Å². The summed E-state index contributed by atoms with van der Waals surface area (Å²) in [6.45, 7) is 0. The van der Waals surface area contributed by atoms with E-state index in [0.717, 1.165) is 10.1 Å². The lowest BCUT2D eigenvalue weighted by Crippen LogP contribution is -2.37. The summed E-state index contributed by atoms with van der Waals surface area (Å²) in [7, 11) is 3.06. The summed E-state index contributed by atoms with van der Waals surface area (Å²) in [5.41, 5.74) is 0.420. The topological polar surface area (TPSA) is 69.8 Å². The van der Waals surface area contributed by atoms with Crippen LogP contribution < -0.4 is 11.2 Å². The second-order valence-electron chi connectivity index (χ2n) is 4.83. The van der Waals surface area contributed by atoms with Gasteiger partial charge in [0.25, 0.3) is 5.56 Å². The summed E-state index contributed by atoms with van der Waals surface area (Å²) >= 11 is 1.36. The fourth-order valence-electron chi connectivity index (χ4n) is 2.29. The van der Waals surface area contributed by atoms with Crippen molar-refractivity contribution in [3.63, 3.8) is 0 Å². The van der Waals surface area contributed by atoms with Crippen LogP contribution in [0.3, 0.4) is 0 Å². The zero-order valence-corrected chi connectivity index (χ0v) is 13.2. The molecule has 0 aliphatic rings. The molecule has 112 valence electrons. The zero-order valence-electron chi connectivity index (χ0n) is 12.4. The Kier molecular flexibility index (Phi) is 3.58. The van der Waals surface area contributed by atoms with Crippen molar-refractivity contribution in [3.8, 4) is 11.4 Å². The summed E-state index contributed by atoms with van der Waals surface area (Å²) in [6, 6.07) is 9.48. The first-order valence-electron chi connectivity index (χ1n) is 6.61. The van der Waals surface area contributed by atoms with Gasteiger partial charge in [-0.05, 0) is 6.26 Å². The lowest BCUT2D eigenvalue weighted by Gasteiger charge is -2.10. The van der Waals surface area contributed by atoms with Gasteiger partial charge in [0.15, 0.2) is 11.5 Å². The van der Waals surface area contributed by atoms with Crippen LogP contribution in [-0.2, 0) is 14.1 Å². The fourth-order valence-corrected chi connectivity index (χ4v) is 2.85. The van der Waals surface area contributed by atoms with Gasteiger partial charge in [-0.1, -0.05) is 30.3 Å². The van der Waals surface area contributed by atoms with Crippen molar-refractivity contribution in [3.05, 3.63) is 51.2 Å². The number of thioether (sulfide) groups is 1. The maximum absolute atomic E-state index is 12.4. The summed E-state index contributed by atoms with van der Waals surface area (Å²) in [5.74, 6) is 0.501. The maximum atomic E-state index is 12.4. The van der Waals surface area contributed by atoms with Crippen LogP contribution in [0, 0.1) is 0 Å². The highest BCUT2D eigenvalue weighted by atomic mass is 32.2. The Morgan fingerprint density at radius 1 is 1.00 bits per heavy atom. The Morgan fingerprint density at radius 2 is 1.68 bits per heavy atom. The third kappa shape index (κ3) is 2.14. The van der Waals surface area contributed by atoms with Crippen LogP contribution in [0.1, 0.15) is 0 Å². The maximum Gasteiger partial charge on any atom is 0.332 e. The van der Waals surface area contributed by atoms with Crippen LogP contribution in [-0.4, -0.2) is 25.4 Å². The number of hydrogen-bond acceptors (Lipinski definition) is 5. The first-order valence-corrected chi connectivity index (χ1v) is 7.84. The molecule has 0 fully saturated rings. The minimum Gasteiger partial charge on any atom is -0.280 e. The highest BCUT2D eigenvalue weighted by molar-refractivity contribution is 7.98. The average molecular weight is 314 g/mol. The van der Waals surface area contributed by atoms with Gasteiger partial charge in [0.2, 0.25) is 0 Å². The van der Waals surface area contributed by atoms with Crippen LogP contribution in [0.15, 0.2) is 44.9 Å². The number of nitrogens with zero attached hydrogens (tertiary/aromatic N) is 4. The van der Waals surface area contributed by atoms with E-state index in [-0.39, 0.29) is 5.56 Å². The third-order valence-corrected chi connectivity index (χ3v) is 4.17. The number of aryl methyl sites for hydroxylation is 1. The van der Waals surface area contributed by atoms with Gasteiger partial charge in [-0.25, -0.2) is 14.8 Å². The molecule has 0 unspecified atom stereocenters. The summed E-state index contributed by atoms with van der Waals surface area (Å²) in [5, 5.41) is 0.942. The summed E-state index contributed by atoms with van der Waals surface area (Å²) < 4.78 is 2.46. The standard InChI is InChI=1S/C15H14N4O2S/c1-18-12-10(14(20)19(2)15(18)21)13(22-3)17-11(16-12)9-7-5-4-6-8-9/h4-8H,1-3H3. The van der Waals surface area contributed by atoms with E-state index in [0.29, 0.717) is 21.9 Å². The van der Waals surface area contributed by atoms with E-state index in [1.54, 1.807) is 7.05 Å². The van der Waals surface area contributed by atoms with Crippen LogP contribution in [0.2, 0.25) is 0 Å². The van der Waals surface area contributed by atoms with Crippen LogP contribution in [0.4, 0.5) is 0 Å². The number of fused-ring (bicyclic) bond motifs is 1. The molecule has 3 rings (SSSR count). The lowest BCUT2D eigenvalue weighted by molar-refractivity contribution is 0.703. The fraction of sp³-hybridized carbons (Fsp3) is 0.200. The van der Waals surface area contributed by atoms with E-state index in [1.807, 2.05) is 36.6 Å². The van der Waals surface area contributed by atoms with Crippen molar-refractivity contribution in [2.24, 2.45) is 14.1 Å². The van der Waals surface area contributed by atoms with E-state index in [1.165, 1.54) is 23.4 Å². The highest BCUT2D eigenvalue weighted by Crippen LogP contribution is 2.24. The van der Waals surface area contributed by atoms with Crippen molar-refractivity contribution in [2.45, 2.75) is 5.03 Å². The van der Waals surface area contributed by atoms with E-state index in [4.69, 9.17) is 0 Å². The molecule has 0 N–H and O–H groups in total. The summed E-state index contributed by atoms with van der Waals surface area (Å²) in [4.78, 5) is 33.4. The SMILES string of the molecule is CSc1nc(-c2ccccc2)nc2c1c(=O)n(C)c(=O)n2C. The van der Waals surface area contributed by atoms with Crippen molar-refractivity contribution >= 4 is 22.8 Å². The Morgan fingerprint density at radius 3 is 2.32 bits per heavy atom. The molecule has 0 saturated heterocycles. The Hall–Kier alpha value is -2.41. The second-order valence-corrected chi connectivity index (χ2v) is 5.62.